The molecule has 3 rings (SSSR count). The Bertz CT molecular complexity index is 786. The number of amides is 2. The van der Waals surface area contributed by atoms with Gasteiger partial charge in [-0.05, 0) is 72.3 Å². The first-order valence-electron chi connectivity index (χ1n) is 7.88. The maximum absolute atomic E-state index is 12.5. The van der Waals surface area contributed by atoms with E-state index >= 15 is 0 Å². The summed E-state index contributed by atoms with van der Waals surface area (Å²) < 4.78 is 1.13. The Balaban J connectivity index is 1.70. The van der Waals surface area contributed by atoms with E-state index in [1.54, 1.807) is 4.90 Å². The number of aryl methyl sites for hydroxylation is 2. The van der Waals surface area contributed by atoms with E-state index in [0.29, 0.717) is 6.54 Å². The second-order valence-electron chi connectivity index (χ2n) is 6.19. The van der Waals surface area contributed by atoms with Gasteiger partial charge in [0.05, 0.1) is 5.92 Å². The van der Waals surface area contributed by atoms with E-state index in [9.17, 15) is 9.59 Å². The normalized spacial score (nSPS) is 17.2. The van der Waals surface area contributed by atoms with Crippen LogP contribution in [0.5, 0.6) is 0 Å². The Labute approximate surface area is 155 Å². The van der Waals surface area contributed by atoms with Crippen molar-refractivity contribution in [3.8, 4) is 0 Å². The van der Waals surface area contributed by atoms with E-state index in [2.05, 4.69) is 27.9 Å². The number of anilines is 2. The van der Waals surface area contributed by atoms with Crippen LogP contribution in [-0.4, -0.2) is 18.4 Å². The molecule has 1 aliphatic heterocycles. The fourth-order valence-electron chi connectivity index (χ4n) is 2.86. The lowest BCUT2D eigenvalue weighted by Crippen LogP contribution is -2.28. The van der Waals surface area contributed by atoms with Crippen LogP contribution in [0.4, 0.5) is 11.4 Å². The van der Waals surface area contributed by atoms with Crippen LogP contribution in [0.25, 0.3) is 0 Å². The third-order valence-corrected chi connectivity index (χ3v) is 4.96. The molecule has 1 N–H and O–H groups in total. The van der Waals surface area contributed by atoms with Crippen molar-refractivity contribution in [2.24, 2.45) is 5.92 Å². The molecule has 2 aromatic carbocycles. The molecular weight excluding hydrogens is 415 g/mol. The maximum atomic E-state index is 12.5. The largest absolute Gasteiger partial charge is 0.326 e. The van der Waals surface area contributed by atoms with E-state index in [0.717, 1.165) is 26.1 Å². The molecule has 0 aliphatic carbocycles. The summed E-state index contributed by atoms with van der Waals surface area (Å²) in [5.74, 6) is -0.418. The minimum Gasteiger partial charge on any atom is -0.326 e. The smallest absolute Gasteiger partial charge is 0.229 e. The molecule has 0 aromatic heterocycles. The number of carbonyl (C=O) groups is 2. The summed E-state index contributed by atoms with van der Waals surface area (Å²) in [5.41, 5.74) is 3.83. The maximum Gasteiger partial charge on any atom is 0.229 e. The average molecular weight is 434 g/mol. The first-order chi connectivity index (χ1) is 11.4. The standard InChI is InChI=1S/C19H19IN2O2/c1-12-3-6-16(7-4-12)22-11-14(10-18(22)23)19(24)21-17-8-5-15(20)9-13(17)2/h3-9,14H,10-11H2,1-2H3,(H,21,24)/t14-/m0/s1. The number of hydrogen-bond acceptors (Lipinski definition) is 2. The highest BCUT2D eigenvalue weighted by molar-refractivity contribution is 14.1. The lowest BCUT2D eigenvalue weighted by Gasteiger charge is -2.17. The van der Waals surface area contributed by atoms with Crippen molar-refractivity contribution in [3.05, 3.63) is 57.2 Å². The van der Waals surface area contributed by atoms with Gasteiger partial charge in [0.25, 0.3) is 0 Å². The quantitative estimate of drug-likeness (QED) is 0.746. The van der Waals surface area contributed by atoms with Gasteiger partial charge >= 0.3 is 0 Å². The number of carbonyl (C=O) groups excluding carboxylic acids is 2. The highest BCUT2D eigenvalue weighted by Crippen LogP contribution is 2.27. The SMILES string of the molecule is Cc1ccc(N2C[C@@H](C(=O)Nc3ccc(I)cc3C)CC2=O)cc1. The van der Waals surface area contributed by atoms with E-state index in [1.807, 2.05) is 56.3 Å². The molecular formula is C19H19IN2O2. The van der Waals surface area contributed by atoms with E-state index in [-0.39, 0.29) is 24.2 Å². The molecule has 1 heterocycles. The van der Waals surface area contributed by atoms with Gasteiger partial charge in [-0.25, -0.2) is 0 Å². The van der Waals surface area contributed by atoms with E-state index in [1.165, 1.54) is 0 Å². The number of nitrogens with zero attached hydrogens (tertiary/aromatic N) is 1. The highest BCUT2D eigenvalue weighted by Gasteiger charge is 2.35. The van der Waals surface area contributed by atoms with Gasteiger partial charge in [-0.15, -0.1) is 0 Å². The number of rotatable bonds is 3. The summed E-state index contributed by atoms with van der Waals surface area (Å²) in [4.78, 5) is 26.5. The molecule has 5 heteroatoms. The van der Waals surface area contributed by atoms with Crippen LogP contribution >= 0.6 is 22.6 Å². The van der Waals surface area contributed by atoms with Crippen LogP contribution in [0.15, 0.2) is 42.5 Å². The third kappa shape index (κ3) is 3.61. The number of hydrogen-bond donors (Lipinski definition) is 1. The zero-order valence-corrected chi connectivity index (χ0v) is 15.8. The summed E-state index contributed by atoms with van der Waals surface area (Å²) in [6.07, 6.45) is 0.253. The van der Waals surface area contributed by atoms with E-state index in [4.69, 9.17) is 0 Å². The molecule has 0 saturated carbocycles. The Morgan fingerprint density at radius 3 is 2.54 bits per heavy atom. The second kappa shape index (κ2) is 6.93. The summed E-state index contributed by atoms with van der Waals surface area (Å²) in [6.45, 7) is 4.41. The minimum absolute atomic E-state index is 0.00154. The Kier molecular flexibility index (Phi) is 4.89. The highest BCUT2D eigenvalue weighted by atomic mass is 127. The molecule has 0 bridgehead atoms. The summed E-state index contributed by atoms with van der Waals surface area (Å²) in [6, 6.07) is 13.7. The van der Waals surface area contributed by atoms with Crippen molar-refractivity contribution < 1.29 is 9.59 Å². The number of nitrogens with one attached hydrogen (secondary N) is 1. The van der Waals surface area contributed by atoms with Gasteiger partial charge in [0.15, 0.2) is 0 Å². The number of benzene rings is 2. The molecule has 2 aromatic rings. The van der Waals surface area contributed by atoms with Crippen LogP contribution in [0.1, 0.15) is 17.5 Å². The molecule has 0 spiro atoms. The molecule has 1 fully saturated rings. The molecule has 1 saturated heterocycles. The van der Waals surface area contributed by atoms with Crippen molar-refractivity contribution >= 4 is 45.8 Å². The molecule has 1 aliphatic rings. The van der Waals surface area contributed by atoms with Crippen LogP contribution < -0.4 is 10.2 Å². The van der Waals surface area contributed by atoms with Gasteiger partial charge in [-0.2, -0.15) is 0 Å². The Morgan fingerprint density at radius 2 is 1.88 bits per heavy atom. The average Bonchev–Trinajstić information content (AvgIpc) is 2.93. The Morgan fingerprint density at radius 1 is 1.17 bits per heavy atom. The molecule has 124 valence electrons. The molecule has 2 amide bonds. The first kappa shape index (κ1) is 17.0. The monoisotopic (exact) mass is 434 g/mol. The molecule has 1 atom stereocenters. The van der Waals surface area contributed by atoms with Crippen molar-refractivity contribution in [1.82, 2.24) is 0 Å². The topological polar surface area (TPSA) is 49.4 Å². The first-order valence-corrected chi connectivity index (χ1v) is 8.96. The van der Waals surface area contributed by atoms with Gasteiger partial charge in [0, 0.05) is 27.9 Å². The summed E-state index contributed by atoms with van der Waals surface area (Å²) >= 11 is 2.24. The molecule has 4 nitrogen and oxygen atoms in total. The van der Waals surface area contributed by atoms with Gasteiger partial charge in [0.1, 0.15) is 0 Å². The predicted octanol–water partition coefficient (Wildman–Crippen LogP) is 3.90. The summed E-state index contributed by atoms with van der Waals surface area (Å²) in [5, 5.41) is 2.96. The fourth-order valence-corrected chi connectivity index (χ4v) is 3.51. The van der Waals surface area contributed by atoms with Crippen LogP contribution in [-0.2, 0) is 9.59 Å². The van der Waals surface area contributed by atoms with Gasteiger partial charge in [-0.1, -0.05) is 17.7 Å². The number of halogens is 1. The minimum atomic E-state index is -0.322. The second-order valence-corrected chi connectivity index (χ2v) is 7.44. The van der Waals surface area contributed by atoms with Gasteiger partial charge < -0.3 is 10.2 Å². The summed E-state index contributed by atoms with van der Waals surface area (Å²) in [7, 11) is 0. The Hall–Kier alpha value is -1.89. The molecule has 0 radical (unpaired) electrons. The van der Waals surface area contributed by atoms with Gasteiger partial charge in [-0.3, -0.25) is 9.59 Å². The van der Waals surface area contributed by atoms with Crippen LogP contribution in [0.3, 0.4) is 0 Å². The fraction of sp³-hybridized carbons (Fsp3) is 0.263. The van der Waals surface area contributed by atoms with Crippen molar-refractivity contribution in [1.29, 1.82) is 0 Å². The molecule has 0 unspecified atom stereocenters. The third-order valence-electron chi connectivity index (χ3n) is 4.29. The molecule has 24 heavy (non-hydrogen) atoms. The van der Waals surface area contributed by atoms with Crippen molar-refractivity contribution in [2.45, 2.75) is 20.3 Å². The van der Waals surface area contributed by atoms with Crippen LogP contribution in [0.2, 0.25) is 0 Å². The van der Waals surface area contributed by atoms with E-state index < -0.39 is 0 Å². The van der Waals surface area contributed by atoms with Crippen LogP contribution in [0, 0.1) is 23.3 Å². The zero-order chi connectivity index (χ0) is 17.3. The lowest BCUT2D eigenvalue weighted by molar-refractivity contribution is -0.122. The predicted molar refractivity (Wildman–Crippen MR) is 104 cm³/mol. The lowest BCUT2D eigenvalue weighted by atomic mass is 10.1. The zero-order valence-electron chi connectivity index (χ0n) is 13.7. The van der Waals surface area contributed by atoms with Crippen molar-refractivity contribution in [3.63, 3.8) is 0 Å². The van der Waals surface area contributed by atoms with Gasteiger partial charge in [0.2, 0.25) is 11.8 Å². The van der Waals surface area contributed by atoms with Crippen molar-refractivity contribution in [2.75, 3.05) is 16.8 Å².